The SMILES string of the molecule is COc1ccccc1-c1nn(CCC(=O)NCC2CCCO2)c2nc(C)cc(C)c12. The summed E-state index contributed by atoms with van der Waals surface area (Å²) in [4.78, 5) is 17.1. The van der Waals surface area contributed by atoms with Gasteiger partial charge in [-0.2, -0.15) is 5.10 Å². The zero-order valence-corrected chi connectivity index (χ0v) is 17.8. The Kier molecular flexibility index (Phi) is 5.99. The molecule has 1 saturated heterocycles. The first-order chi connectivity index (χ1) is 14.6. The maximum atomic E-state index is 12.4. The number of methoxy groups -OCH3 is 1. The molecule has 0 aliphatic carbocycles. The molecule has 1 aliphatic rings. The zero-order valence-electron chi connectivity index (χ0n) is 17.8. The van der Waals surface area contributed by atoms with E-state index in [0.29, 0.717) is 19.5 Å². The summed E-state index contributed by atoms with van der Waals surface area (Å²) in [7, 11) is 1.66. The molecule has 1 fully saturated rings. The lowest BCUT2D eigenvalue weighted by atomic mass is 10.0. The van der Waals surface area contributed by atoms with Crippen LogP contribution in [0, 0.1) is 13.8 Å². The van der Waals surface area contributed by atoms with Gasteiger partial charge in [0.05, 0.1) is 25.1 Å². The van der Waals surface area contributed by atoms with E-state index in [9.17, 15) is 4.79 Å². The van der Waals surface area contributed by atoms with Crippen LogP contribution in [0.5, 0.6) is 5.75 Å². The van der Waals surface area contributed by atoms with E-state index in [1.807, 2.05) is 35.9 Å². The van der Waals surface area contributed by atoms with Gasteiger partial charge in [-0.3, -0.25) is 4.79 Å². The van der Waals surface area contributed by atoms with Crippen molar-refractivity contribution in [3.05, 3.63) is 41.6 Å². The number of ether oxygens (including phenoxy) is 2. The minimum atomic E-state index is -0.00244. The van der Waals surface area contributed by atoms with Crippen molar-refractivity contribution in [1.29, 1.82) is 0 Å². The molecule has 2 aromatic heterocycles. The summed E-state index contributed by atoms with van der Waals surface area (Å²) < 4.78 is 13.0. The second kappa shape index (κ2) is 8.83. The third kappa shape index (κ3) is 4.16. The molecular weight excluding hydrogens is 380 g/mol. The maximum Gasteiger partial charge on any atom is 0.221 e. The number of carbonyl (C=O) groups is 1. The van der Waals surface area contributed by atoms with E-state index in [0.717, 1.165) is 58.7 Å². The number of para-hydroxylation sites is 1. The van der Waals surface area contributed by atoms with Gasteiger partial charge in [-0.25, -0.2) is 9.67 Å². The van der Waals surface area contributed by atoms with Gasteiger partial charge >= 0.3 is 0 Å². The lowest BCUT2D eigenvalue weighted by Gasteiger charge is -2.11. The monoisotopic (exact) mass is 408 g/mol. The summed E-state index contributed by atoms with van der Waals surface area (Å²) in [5.74, 6) is 0.760. The molecule has 1 aliphatic heterocycles. The predicted octanol–water partition coefficient (Wildman–Crippen LogP) is 3.41. The highest BCUT2D eigenvalue weighted by Gasteiger charge is 2.20. The van der Waals surface area contributed by atoms with Crippen molar-refractivity contribution >= 4 is 16.9 Å². The first-order valence-electron chi connectivity index (χ1n) is 10.4. The van der Waals surface area contributed by atoms with Crippen molar-refractivity contribution in [1.82, 2.24) is 20.1 Å². The molecule has 7 nitrogen and oxygen atoms in total. The summed E-state index contributed by atoms with van der Waals surface area (Å²) >= 11 is 0. The van der Waals surface area contributed by atoms with E-state index in [1.165, 1.54) is 0 Å². The fourth-order valence-electron chi connectivity index (χ4n) is 4.03. The molecule has 3 aromatic rings. The molecule has 30 heavy (non-hydrogen) atoms. The molecule has 0 radical (unpaired) electrons. The van der Waals surface area contributed by atoms with Crippen LogP contribution in [0.1, 0.15) is 30.5 Å². The first-order valence-corrected chi connectivity index (χ1v) is 10.4. The third-order valence-electron chi connectivity index (χ3n) is 5.49. The summed E-state index contributed by atoms with van der Waals surface area (Å²) in [6, 6.07) is 9.89. The fourth-order valence-corrected chi connectivity index (χ4v) is 4.03. The zero-order chi connectivity index (χ0) is 21.1. The lowest BCUT2D eigenvalue weighted by molar-refractivity contribution is -0.121. The van der Waals surface area contributed by atoms with Gasteiger partial charge in [0.2, 0.25) is 5.91 Å². The van der Waals surface area contributed by atoms with Gasteiger partial charge in [0, 0.05) is 30.8 Å². The van der Waals surface area contributed by atoms with Crippen LogP contribution >= 0.6 is 0 Å². The second-order valence-electron chi connectivity index (χ2n) is 7.74. The number of nitrogens with one attached hydrogen (secondary N) is 1. The highest BCUT2D eigenvalue weighted by molar-refractivity contribution is 5.95. The van der Waals surface area contributed by atoms with Gasteiger partial charge in [0.1, 0.15) is 11.4 Å². The minimum Gasteiger partial charge on any atom is -0.496 e. The molecule has 0 saturated carbocycles. The number of aryl methyl sites for hydroxylation is 3. The predicted molar refractivity (Wildman–Crippen MR) is 116 cm³/mol. The first kappa shape index (κ1) is 20.3. The van der Waals surface area contributed by atoms with Gasteiger partial charge in [0.25, 0.3) is 0 Å². The van der Waals surface area contributed by atoms with Gasteiger partial charge < -0.3 is 14.8 Å². The molecule has 1 unspecified atom stereocenters. The number of rotatable bonds is 7. The van der Waals surface area contributed by atoms with E-state index in [2.05, 4.69) is 18.3 Å². The molecule has 0 bridgehead atoms. The highest BCUT2D eigenvalue weighted by atomic mass is 16.5. The van der Waals surface area contributed by atoms with Crippen LogP contribution in [0.25, 0.3) is 22.3 Å². The van der Waals surface area contributed by atoms with E-state index < -0.39 is 0 Å². The quantitative estimate of drug-likeness (QED) is 0.648. The van der Waals surface area contributed by atoms with Gasteiger partial charge in [-0.15, -0.1) is 0 Å². The van der Waals surface area contributed by atoms with E-state index in [1.54, 1.807) is 7.11 Å². The van der Waals surface area contributed by atoms with Crippen molar-refractivity contribution in [2.45, 2.75) is 45.8 Å². The van der Waals surface area contributed by atoms with E-state index in [4.69, 9.17) is 19.6 Å². The molecule has 158 valence electrons. The number of pyridine rings is 1. The molecule has 1 N–H and O–H groups in total. The molecule has 4 rings (SSSR count). The number of benzene rings is 1. The number of nitrogens with zero attached hydrogens (tertiary/aromatic N) is 3. The average molecular weight is 409 g/mol. The van der Waals surface area contributed by atoms with Crippen LogP contribution in [0.3, 0.4) is 0 Å². The van der Waals surface area contributed by atoms with Crippen molar-refractivity contribution in [3.8, 4) is 17.0 Å². The van der Waals surface area contributed by atoms with Crippen molar-refractivity contribution in [3.63, 3.8) is 0 Å². The normalized spacial score (nSPS) is 16.2. The standard InChI is InChI=1S/C23H28N4O3/c1-15-13-16(2)25-23-21(15)22(18-8-4-5-9-19(18)29-3)26-27(23)11-10-20(28)24-14-17-7-6-12-30-17/h4-5,8-9,13,17H,6-7,10-12,14H2,1-3H3,(H,24,28). The average Bonchev–Trinajstić information content (AvgIpc) is 3.38. The molecule has 3 heterocycles. The topological polar surface area (TPSA) is 78.3 Å². The molecule has 1 atom stereocenters. The van der Waals surface area contributed by atoms with E-state index in [-0.39, 0.29) is 12.0 Å². The minimum absolute atomic E-state index is 0.00244. The Balaban J connectivity index is 1.61. The van der Waals surface area contributed by atoms with Crippen LogP contribution < -0.4 is 10.1 Å². The Bertz CT molecular complexity index is 1050. The van der Waals surface area contributed by atoms with Gasteiger partial charge in [-0.1, -0.05) is 12.1 Å². The van der Waals surface area contributed by atoms with Crippen molar-refractivity contribution in [2.75, 3.05) is 20.3 Å². The summed E-state index contributed by atoms with van der Waals surface area (Å²) in [6.45, 7) is 5.85. The Morgan fingerprint density at radius 3 is 2.93 bits per heavy atom. The largest absolute Gasteiger partial charge is 0.496 e. The van der Waals surface area contributed by atoms with E-state index >= 15 is 0 Å². The van der Waals surface area contributed by atoms with Crippen LogP contribution in [0.2, 0.25) is 0 Å². The summed E-state index contributed by atoms with van der Waals surface area (Å²) in [5, 5.41) is 8.82. The second-order valence-corrected chi connectivity index (χ2v) is 7.74. The molecule has 7 heteroatoms. The Morgan fingerprint density at radius 2 is 2.17 bits per heavy atom. The van der Waals surface area contributed by atoms with Crippen LogP contribution in [0.15, 0.2) is 30.3 Å². The Morgan fingerprint density at radius 1 is 1.33 bits per heavy atom. The van der Waals surface area contributed by atoms with Crippen LogP contribution in [0.4, 0.5) is 0 Å². The Labute approximate surface area is 176 Å². The van der Waals surface area contributed by atoms with Crippen molar-refractivity contribution < 1.29 is 14.3 Å². The number of hydrogen-bond acceptors (Lipinski definition) is 5. The molecule has 1 amide bonds. The number of amides is 1. The van der Waals surface area contributed by atoms with Crippen LogP contribution in [-0.4, -0.2) is 47.0 Å². The summed E-state index contributed by atoms with van der Waals surface area (Å²) in [6.07, 6.45) is 2.55. The molecular formula is C23H28N4O3. The van der Waals surface area contributed by atoms with Gasteiger partial charge in [0.15, 0.2) is 5.65 Å². The number of carbonyl (C=O) groups excluding carboxylic acids is 1. The van der Waals surface area contributed by atoms with Gasteiger partial charge in [-0.05, 0) is 50.5 Å². The van der Waals surface area contributed by atoms with Crippen LogP contribution in [-0.2, 0) is 16.1 Å². The fraction of sp³-hybridized carbons (Fsp3) is 0.435. The smallest absolute Gasteiger partial charge is 0.221 e. The lowest BCUT2D eigenvalue weighted by Crippen LogP contribution is -2.32. The number of aromatic nitrogens is 3. The molecule has 0 spiro atoms. The number of hydrogen-bond donors (Lipinski definition) is 1. The summed E-state index contributed by atoms with van der Waals surface area (Å²) in [5.41, 5.74) is 4.57. The van der Waals surface area contributed by atoms with Crippen molar-refractivity contribution in [2.24, 2.45) is 0 Å². The Hall–Kier alpha value is -2.93. The highest BCUT2D eigenvalue weighted by Crippen LogP contribution is 2.35. The molecule has 1 aromatic carbocycles. The number of fused-ring (bicyclic) bond motifs is 1. The third-order valence-corrected chi connectivity index (χ3v) is 5.49. The maximum absolute atomic E-state index is 12.4.